The van der Waals surface area contributed by atoms with Crippen LogP contribution >= 0.6 is 11.8 Å². The SMILES string of the molecule is CCN(C)CCN=C(NC#N)SC. The van der Waals surface area contributed by atoms with E-state index in [1.165, 1.54) is 11.8 Å². The molecule has 0 saturated carbocycles. The van der Waals surface area contributed by atoms with Crippen LogP contribution in [-0.2, 0) is 0 Å². The fraction of sp³-hybridized carbons (Fsp3) is 0.750. The lowest BCUT2D eigenvalue weighted by atomic mass is 10.5. The molecular weight excluding hydrogens is 184 g/mol. The smallest absolute Gasteiger partial charge is 0.183 e. The maximum atomic E-state index is 8.36. The molecule has 0 saturated heterocycles. The Bertz CT molecular complexity index is 197. The lowest BCUT2D eigenvalue weighted by Gasteiger charge is -2.11. The Balaban J connectivity index is 3.74. The third-order valence-electron chi connectivity index (χ3n) is 1.63. The Morgan fingerprint density at radius 3 is 2.85 bits per heavy atom. The van der Waals surface area contributed by atoms with E-state index in [0.29, 0.717) is 5.17 Å². The van der Waals surface area contributed by atoms with Crippen molar-refractivity contribution in [1.29, 1.82) is 5.26 Å². The predicted molar refractivity (Wildman–Crippen MR) is 57.7 cm³/mol. The first-order valence-corrected chi connectivity index (χ1v) is 5.39. The summed E-state index contributed by atoms with van der Waals surface area (Å²) in [5.74, 6) is 0. The maximum Gasteiger partial charge on any atom is 0.183 e. The number of aliphatic imine (C=N–C) groups is 1. The summed E-state index contributed by atoms with van der Waals surface area (Å²) in [4.78, 5) is 6.40. The quantitative estimate of drug-likeness (QED) is 0.314. The van der Waals surface area contributed by atoms with Crippen molar-refractivity contribution in [2.75, 3.05) is 32.9 Å². The van der Waals surface area contributed by atoms with Crippen molar-refractivity contribution in [1.82, 2.24) is 10.2 Å². The fourth-order valence-corrected chi connectivity index (χ4v) is 1.05. The van der Waals surface area contributed by atoms with Gasteiger partial charge >= 0.3 is 0 Å². The third-order valence-corrected chi connectivity index (χ3v) is 2.25. The Hall–Kier alpha value is -0.730. The maximum absolute atomic E-state index is 8.36. The van der Waals surface area contributed by atoms with Gasteiger partial charge in [0.1, 0.15) is 0 Å². The number of nitrogens with one attached hydrogen (secondary N) is 1. The number of thioether (sulfide) groups is 1. The summed E-state index contributed by atoms with van der Waals surface area (Å²) in [7, 11) is 2.05. The molecule has 13 heavy (non-hydrogen) atoms. The summed E-state index contributed by atoms with van der Waals surface area (Å²) >= 11 is 1.45. The lowest BCUT2D eigenvalue weighted by molar-refractivity contribution is 0.363. The highest BCUT2D eigenvalue weighted by Crippen LogP contribution is 1.94. The zero-order valence-corrected chi connectivity index (χ0v) is 9.19. The molecule has 0 unspecified atom stereocenters. The molecule has 0 aromatic heterocycles. The standard InChI is InChI=1S/C8H16N4S/c1-4-12(2)6-5-10-8(13-3)11-7-9/h4-6H2,1-3H3,(H,10,11). The number of nitriles is 1. The Kier molecular flexibility index (Phi) is 7.45. The molecule has 0 amide bonds. The Morgan fingerprint density at radius 1 is 1.69 bits per heavy atom. The van der Waals surface area contributed by atoms with E-state index in [9.17, 15) is 0 Å². The largest absolute Gasteiger partial charge is 0.305 e. The Morgan fingerprint density at radius 2 is 2.38 bits per heavy atom. The topological polar surface area (TPSA) is 51.4 Å². The molecule has 0 aromatic rings. The van der Waals surface area contributed by atoms with Gasteiger partial charge in [0.05, 0.1) is 6.54 Å². The van der Waals surface area contributed by atoms with E-state index in [0.717, 1.165) is 19.6 Å². The molecule has 0 atom stereocenters. The molecular formula is C8H16N4S. The van der Waals surface area contributed by atoms with Crippen molar-refractivity contribution in [3.8, 4) is 6.19 Å². The van der Waals surface area contributed by atoms with Gasteiger partial charge in [-0.2, -0.15) is 5.26 Å². The van der Waals surface area contributed by atoms with Crippen LogP contribution < -0.4 is 5.32 Å². The van der Waals surface area contributed by atoms with Crippen LogP contribution in [-0.4, -0.2) is 43.0 Å². The minimum Gasteiger partial charge on any atom is -0.305 e. The molecule has 1 N–H and O–H groups in total. The molecule has 0 aliphatic heterocycles. The van der Waals surface area contributed by atoms with Gasteiger partial charge in [0.15, 0.2) is 11.4 Å². The first-order valence-electron chi connectivity index (χ1n) is 4.16. The van der Waals surface area contributed by atoms with Gasteiger partial charge in [-0.3, -0.25) is 10.3 Å². The number of hydrogen-bond acceptors (Lipinski definition) is 4. The highest BCUT2D eigenvalue weighted by molar-refractivity contribution is 8.13. The molecule has 0 heterocycles. The van der Waals surface area contributed by atoms with Crippen molar-refractivity contribution in [3.63, 3.8) is 0 Å². The first-order chi connectivity index (χ1) is 6.24. The van der Waals surface area contributed by atoms with Gasteiger partial charge in [-0.15, -0.1) is 0 Å². The van der Waals surface area contributed by atoms with E-state index >= 15 is 0 Å². The van der Waals surface area contributed by atoms with Crippen LogP contribution in [0, 0.1) is 11.5 Å². The van der Waals surface area contributed by atoms with E-state index in [2.05, 4.69) is 22.1 Å². The summed E-state index contributed by atoms with van der Waals surface area (Å²) in [5.41, 5.74) is 0. The number of rotatable bonds is 4. The molecule has 0 aliphatic rings. The highest BCUT2D eigenvalue weighted by atomic mass is 32.2. The lowest BCUT2D eigenvalue weighted by Crippen LogP contribution is -2.22. The van der Waals surface area contributed by atoms with Gasteiger partial charge in [-0.25, -0.2) is 0 Å². The molecule has 0 spiro atoms. The Labute approximate surface area is 84.0 Å². The minimum absolute atomic E-state index is 0.687. The van der Waals surface area contributed by atoms with Crippen LogP contribution in [0.2, 0.25) is 0 Å². The zero-order valence-electron chi connectivity index (χ0n) is 8.37. The van der Waals surface area contributed by atoms with E-state index < -0.39 is 0 Å². The molecule has 5 heteroatoms. The van der Waals surface area contributed by atoms with Gasteiger partial charge in [0.25, 0.3) is 0 Å². The molecule has 0 aliphatic carbocycles. The zero-order chi connectivity index (χ0) is 10.1. The van der Waals surface area contributed by atoms with Crippen LogP contribution in [0.25, 0.3) is 0 Å². The molecule has 4 nitrogen and oxygen atoms in total. The predicted octanol–water partition coefficient (Wildman–Crippen LogP) is 0.728. The molecule has 0 rings (SSSR count). The second-order valence-electron chi connectivity index (χ2n) is 2.52. The summed E-state index contributed by atoms with van der Waals surface area (Å²) in [6.07, 6.45) is 3.75. The normalized spacial score (nSPS) is 11.5. The molecule has 0 bridgehead atoms. The monoisotopic (exact) mass is 200 g/mol. The second kappa shape index (κ2) is 7.90. The molecule has 74 valence electrons. The van der Waals surface area contributed by atoms with Crippen LogP contribution in [0.5, 0.6) is 0 Å². The van der Waals surface area contributed by atoms with Crippen LogP contribution in [0.3, 0.4) is 0 Å². The number of nitrogens with zero attached hydrogens (tertiary/aromatic N) is 3. The van der Waals surface area contributed by atoms with E-state index in [1.54, 1.807) is 0 Å². The highest BCUT2D eigenvalue weighted by Gasteiger charge is 1.95. The van der Waals surface area contributed by atoms with Gasteiger partial charge in [0.2, 0.25) is 0 Å². The van der Waals surface area contributed by atoms with Crippen molar-refractivity contribution < 1.29 is 0 Å². The van der Waals surface area contributed by atoms with Gasteiger partial charge in [-0.05, 0) is 19.8 Å². The second-order valence-corrected chi connectivity index (χ2v) is 3.32. The number of amidine groups is 1. The van der Waals surface area contributed by atoms with E-state index in [4.69, 9.17) is 5.26 Å². The number of likely N-dealkylation sites (N-methyl/N-ethyl adjacent to an activating group) is 1. The summed E-state index contributed by atoms with van der Waals surface area (Å²) in [5, 5.41) is 11.6. The van der Waals surface area contributed by atoms with E-state index in [-0.39, 0.29) is 0 Å². The molecule has 0 aromatic carbocycles. The van der Waals surface area contributed by atoms with Crippen molar-refractivity contribution >= 4 is 16.9 Å². The van der Waals surface area contributed by atoms with Gasteiger partial charge < -0.3 is 4.90 Å². The average molecular weight is 200 g/mol. The average Bonchev–Trinajstić information content (AvgIpc) is 2.16. The van der Waals surface area contributed by atoms with Crippen LogP contribution in [0.15, 0.2) is 4.99 Å². The fourth-order valence-electron chi connectivity index (χ4n) is 0.683. The van der Waals surface area contributed by atoms with Gasteiger partial charge in [0, 0.05) is 6.54 Å². The summed E-state index contributed by atoms with van der Waals surface area (Å²) < 4.78 is 0. The summed E-state index contributed by atoms with van der Waals surface area (Å²) in [6.45, 7) is 4.78. The van der Waals surface area contributed by atoms with E-state index in [1.807, 2.05) is 19.5 Å². The summed E-state index contributed by atoms with van der Waals surface area (Å²) in [6, 6.07) is 0. The third kappa shape index (κ3) is 6.43. The van der Waals surface area contributed by atoms with Gasteiger partial charge in [-0.1, -0.05) is 18.7 Å². The van der Waals surface area contributed by atoms with Crippen molar-refractivity contribution in [2.45, 2.75) is 6.92 Å². The van der Waals surface area contributed by atoms with Crippen LogP contribution in [0.4, 0.5) is 0 Å². The first kappa shape index (κ1) is 12.3. The minimum atomic E-state index is 0.687. The molecule has 0 radical (unpaired) electrons. The van der Waals surface area contributed by atoms with Crippen molar-refractivity contribution in [2.24, 2.45) is 4.99 Å². The number of hydrogen-bond donors (Lipinski definition) is 1. The van der Waals surface area contributed by atoms with Crippen molar-refractivity contribution in [3.05, 3.63) is 0 Å². The molecule has 0 fully saturated rings. The van der Waals surface area contributed by atoms with Crippen LogP contribution in [0.1, 0.15) is 6.92 Å².